The second-order valence-electron chi connectivity index (χ2n) is 12.2. The Morgan fingerprint density at radius 2 is 1.86 bits per heavy atom. The summed E-state index contributed by atoms with van der Waals surface area (Å²) in [6, 6.07) is 14.6. The Kier molecular flexibility index (Phi) is 9.63. The van der Waals surface area contributed by atoms with Crippen molar-refractivity contribution in [1.29, 1.82) is 0 Å². The maximum absolute atomic E-state index is 14.8. The normalized spacial score (nSPS) is 27.6. The molecule has 2 amide bonds. The van der Waals surface area contributed by atoms with E-state index in [1.165, 1.54) is 4.90 Å². The van der Waals surface area contributed by atoms with E-state index in [0.717, 1.165) is 18.4 Å². The van der Waals surface area contributed by atoms with Gasteiger partial charge in [-0.3, -0.25) is 14.4 Å². The smallest absolute Gasteiger partial charge is 0.312 e. The lowest BCUT2D eigenvalue weighted by Gasteiger charge is -2.39. The van der Waals surface area contributed by atoms with E-state index in [4.69, 9.17) is 21.1 Å². The van der Waals surface area contributed by atoms with E-state index < -0.39 is 41.1 Å². The fourth-order valence-electron chi connectivity index (χ4n) is 7.40. The number of hydrogen-bond donors (Lipinski definition) is 1. The Hall–Kier alpha value is -3.46. The molecule has 6 atom stereocenters. The van der Waals surface area contributed by atoms with Crippen molar-refractivity contribution in [2.24, 2.45) is 11.8 Å². The van der Waals surface area contributed by atoms with Crippen molar-refractivity contribution < 1.29 is 29.0 Å². The highest BCUT2D eigenvalue weighted by molar-refractivity contribution is 6.30. The average Bonchev–Trinajstić information content (AvgIpc) is 3.59. The highest BCUT2D eigenvalue weighted by Crippen LogP contribution is 2.64. The number of anilines is 1. The molecule has 2 aromatic rings. The first-order chi connectivity index (χ1) is 21.2. The van der Waals surface area contributed by atoms with Gasteiger partial charge in [0.05, 0.1) is 30.8 Å². The van der Waals surface area contributed by atoms with Crippen LogP contribution < -0.4 is 4.90 Å². The summed E-state index contributed by atoms with van der Waals surface area (Å²) in [7, 11) is 0. The van der Waals surface area contributed by atoms with Crippen LogP contribution in [-0.4, -0.2) is 70.8 Å². The summed E-state index contributed by atoms with van der Waals surface area (Å²) in [6.45, 7) is 9.48. The number of ether oxygens (including phenoxy) is 2. The molecule has 3 fully saturated rings. The summed E-state index contributed by atoms with van der Waals surface area (Å²) in [5.41, 5.74) is -0.718. The van der Waals surface area contributed by atoms with Gasteiger partial charge in [0.25, 0.3) is 5.91 Å². The highest BCUT2D eigenvalue weighted by Gasteiger charge is 2.79. The van der Waals surface area contributed by atoms with E-state index in [9.17, 15) is 19.5 Å². The number of aliphatic hydroxyl groups excluding tert-OH is 1. The standard InChI is InChI=1S/C35H41ClN2O6/c1-4-6-7-11-21-43-33(42)29-28-31(40)38(27(23-39)22-24-12-9-8-10-13-24)30(35(28)19-18-34(29,3)44-35)32(41)37(20-5-2)26-16-14-25(36)15-17-26/h4-5,8-10,12-17,27-30,39H,1-2,6-7,11,18-23H2,3H3/t27-,28+,29-,30?,34+,35?/m1/s1. The molecule has 3 aliphatic rings. The molecule has 2 aromatic carbocycles. The van der Waals surface area contributed by atoms with Gasteiger partial charge in [0.2, 0.25) is 5.91 Å². The second-order valence-corrected chi connectivity index (χ2v) is 12.6. The van der Waals surface area contributed by atoms with E-state index in [2.05, 4.69) is 13.2 Å². The summed E-state index contributed by atoms with van der Waals surface area (Å²) >= 11 is 6.15. The number of rotatable bonds is 14. The van der Waals surface area contributed by atoms with Crippen molar-refractivity contribution in [3.8, 4) is 0 Å². The number of benzene rings is 2. The van der Waals surface area contributed by atoms with Crippen LogP contribution in [0, 0.1) is 11.8 Å². The van der Waals surface area contributed by atoms with Crippen LogP contribution in [0.25, 0.3) is 0 Å². The van der Waals surface area contributed by atoms with Gasteiger partial charge in [-0.25, -0.2) is 0 Å². The number of esters is 1. The predicted molar refractivity (Wildman–Crippen MR) is 169 cm³/mol. The topological polar surface area (TPSA) is 96.4 Å². The third kappa shape index (κ3) is 5.71. The number of carbonyl (C=O) groups excluding carboxylic acids is 3. The molecule has 44 heavy (non-hydrogen) atoms. The molecule has 9 heteroatoms. The van der Waals surface area contributed by atoms with Gasteiger partial charge in [-0.15, -0.1) is 13.2 Å². The number of aliphatic hydroxyl groups is 1. The Morgan fingerprint density at radius 1 is 1.14 bits per heavy atom. The van der Waals surface area contributed by atoms with Crippen molar-refractivity contribution in [2.75, 3.05) is 24.7 Å². The lowest BCUT2D eigenvalue weighted by Crippen LogP contribution is -2.59. The zero-order valence-corrected chi connectivity index (χ0v) is 26.0. The van der Waals surface area contributed by atoms with Gasteiger partial charge in [-0.05, 0) is 75.3 Å². The van der Waals surface area contributed by atoms with E-state index in [0.29, 0.717) is 36.4 Å². The molecular weight excluding hydrogens is 580 g/mol. The van der Waals surface area contributed by atoms with Gasteiger partial charge < -0.3 is 24.4 Å². The number of fused-ring (bicyclic) bond motifs is 1. The largest absolute Gasteiger partial charge is 0.465 e. The van der Waals surface area contributed by atoms with Crippen LogP contribution in [0.5, 0.6) is 0 Å². The molecule has 2 unspecified atom stereocenters. The average molecular weight is 621 g/mol. The number of hydrogen-bond acceptors (Lipinski definition) is 6. The summed E-state index contributed by atoms with van der Waals surface area (Å²) in [4.78, 5) is 46.2. The summed E-state index contributed by atoms with van der Waals surface area (Å²) < 4.78 is 12.5. The van der Waals surface area contributed by atoms with Crippen molar-refractivity contribution in [1.82, 2.24) is 4.90 Å². The number of amides is 2. The van der Waals surface area contributed by atoms with Gasteiger partial charge in [0, 0.05) is 17.3 Å². The molecular formula is C35H41ClN2O6. The summed E-state index contributed by atoms with van der Waals surface area (Å²) in [5.74, 6) is -3.01. The summed E-state index contributed by atoms with van der Waals surface area (Å²) in [5, 5.41) is 11.2. The number of carbonyl (C=O) groups is 3. The lowest BCUT2D eigenvalue weighted by atomic mass is 9.66. The Bertz CT molecular complexity index is 1380. The van der Waals surface area contributed by atoms with Crippen LogP contribution in [0.2, 0.25) is 5.02 Å². The zero-order valence-electron chi connectivity index (χ0n) is 25.2. The highest BCUT2D eigenvalue weighted by atomic mass is 35.5. The third-order valence-electron chi connectivity index (χ3n) is 9.38. The minimum absolute atomic E-state index is 0.176. The SMILES string of the molecule is C=CCCCCOC(=O)[C@H]1[C@H]2C(=O)N([C@@H](CO)Cc3ccccc3)C(C(=O)N(CC=C)c3ccc(Cl)cc3)C23CC[C@]1(C)O3. The molecule has 0 aromatic heterocycles. The van der Waals surface area contributed by atoms with Gasteiger partial charge in [0.15, 0.2) is 0 Å². The quantitative estimate of drug-likeness (QED) is 0.179. The van der Waals surface area contributed by atoms with Crippen molar-refractivity contribution in [2.45, 2.75) is 68.7 Å². The Labute approximate surface area is 264 Å². The molecule has 0 saturated carbocycles. The van der Waals surface area contributed by atoms with Gasteiger partial charge in [0.1, 0.15) is 17.6 Å². The minimum atomic E-state index is -1.26. The van der Waals surface area contributed by atoms with Crippen molar-refractivity contribution >= 4 is 35.1 Å². The maximum Gasteiger partial charge on any atom is 0.312 e. The van der Waals surface area contributed by atoms with E-state index in [1.54, 1.807) is 35.2 Å². The number of nitrogens with zero attached hydrogens (tertiary/aromatic N) is 2. The van der Waals surface area contributed by atoms with E-state index in [1.807, 2.05) is 43.3 Å². The predicted octanol–water partition coefficient (Wildman–Crippen LogP) is 5.13. The molecule has 3 saturated heterocycles. The molecule has 5 rings (SSSR count). The minimum Gasteiger partial charge on any atom is -0.465 e. The van der Waals surface area contributed by atoms with Crippen LogP contribution in [-0.2, 0) is 30.3 Å². The zero-order chi connectivity index (χ0) is 31.5. The van der Waals surface area contributed by atoms with E-state index >= 15 is 0 Å². The Morgan fingerprint density at radius 3 is 2.52 bits per heavy atom. The van der Waals surface area contributed by atoms with Crippen LogP contribution in [0.3, 0.4) is 0 Å². The van der Waals surface area contributed by atoms with Crippen LogP contribution in [0.15, 0.2) is 79.9 Å². The number of likely N-dealkylation sites (tertiary alicyclic amines) is 1. The van der Waals surface area contributed by atoms with Gasteiger partial charge in [-0.1, -0.05) is 54.1 Å². The molecule has 3 heterocycles. The molecule has 2 bridgehead atoms. The molecule has 234 valence electrons. The third-order valence-corrected chi connectivity index (χ3v) is 9.64. The first-order valence-electron chi connectivity index (χ1n) is 15.3. The number of allylic oxidation sites excluding steroid dienone is 1. The van der Waals surface area contributed by atoms with Gasteiger partial charge >= 0.3 is 5.97 Å². The van der Waals surface area contributed by atoms with E-state index in [-0.39, 0.29) is 31.6 Å². The molecule has 0 radical (unpaired) electrons. The lowest BCUT2D eigenvalue weighted by molar-refractivity contribution is -0.160. The molecule has 1 N–H and O–H groups in total. The number of halogens is 1. The molecule has 3 aliphatic heterocycles. The van der Waals surface area contributed by atoms with Crippen molar-refractivity contribution in [3.05, 3.63) is 90.5 Å². The monoisotopic (exact) mass is 620 g/mol. The summed E-state index contributed by atoms with van der Waals surface area (Å²) in [6.07, 6.45) is 7.03. The van der Waals surface area contributed by atoms with Crippen LogP contribution in [0.4, 0.5) is 5.69 Å². The first-order valence-corrected chi connectivity index (χ1v) is 15.7. The van der Waals surface area contributed by atoms with Crippen LogP contribution in [0.1, 0.15) is 44.6 Å². The molecule has 1 spiro atoms. The van der Waals surface area contributed by atoms with Gasteiger partial charge in [-0.2, -0.15) is 0 Å². The Balaban J connectivity index is 1.55. The van der Waals surface area contributed by atoms with Crippen molar-refractivity contribution in [3.63, 3.8) is 0 Å². The molecule has 0 aliphatic carbocycles. The first kappa shape index (κ1) is 31.9. The second kappa shape index (κ2) is 13.3. The fourth-order valence-corrected chi connectivity index (χ4v) is 7.53. The van der Waals surface area contributed by atoms with Crippen LogP contribution >= 0.6 is 11.6 Å². The number of unbranched alkanes of at least 4 members (excludes halogenated alkanes) is 2. The molecule has 8 nitrogen and oxygen atoms in total. The maximum atomic E-state index is 14.8. The fraction of sp³-hybridized carbons (Fsp3) is 0.457.